The molecule has 2 atom stereocenters. The zero-order valence-corrected chi connectivity index (χ0v) is 23.7. The summed E-state index contributed by atoms with van der Waals surface area (Å²) >= 11 is 0. The second-order valence-electron chi connectivity index (χ2n) is 9.95. The maximum Gasteiger partial charge on any atom is 0.368 e. The highest BCUT2D eigenvalue weighted by Gasteiger charge is 2.35. The lowest BCUT2D eigenvalue weighted by Crippen LogP contribution is -2.17. The van der Waals surface area contributed by atoms with Crippen LogP contribution >= 0.6 is 7.60 Å². The molecule has 0 N–H and O–H groups in total. The maximum absolute atomic E-state index is 13.3. The number of carbonyl (C=O) groups excluding carboxylic acids is 1. The third kappa shape index (κ3) is 6.84. The van der Waals surface area contributed by atoms with Crippen LogP contribution in [0.2, 0.25) is 0 Å². The molecule has 0 amide bonds. The van der Waals surface area contributed by atoms with Crippen LogP contribution in [0.1, 0.15) is 67.0 Å². The highest BCUT2D eigenvalue weighted by atomic mass is 31.2. The van der Waals surface area contributed by atoms with Gasteiger partial charge in [0.25, 0.3) is 0 Å². The molecule has 202 valence electrons. The van der Waals surface area contributed by atoms with E-state index in [9.17, 15) is 9.36 Å². The summed E-state index contributed by atoms with van der Waals surface area (Å²) in [4.78, 5) is 11.5. The van der Waals surface area contributed by atoms with E-state index < -0.39 is 7.60 Å². The molecule has 0 spiro atoms. The van der Waals surface area contributed by atoms with Gasteiger partial charge in [-0.2, -0.15) is 0 Å². The summed E-state index contributed by atoms with van der Waals surface area (Å²) in [6.45, 7) is 11.7. The Bertz CT molecular complexity index is 1340. The second kappa shape index (κ2) is 11.7. The van der Waals surface area contributed by atoms with Gasteiger partial charge in [0.15, 0.2) is 6.35 Å². The minimum absolute atomic E-state index is 0.142. The van der Waals surface area contributed by atoms with Gasteiger partial charge in [-0.3, -0.25) is 13.9 Å². The predicted octanol–water partition coefficient (Wildman–Crippen LogP) is 8.16. The van der Waals surface area contributed by atoms with Crippen LogP contribution < -0.4 is 14.2 Å². The predicted molar refractivity (Wildman–Crippen MR) is 147 cm³/mol. The van der Waals surface area contributed by atoms with Crippen LogP contribution in [0.25, 0.3) is 0 Å². The van der Waals surface area contributed by atoms with E-state index in [1.165, 1.54) is 6.92 Å². The van der Waals surface area contributed by atoms with Gasteiger partial charge in [0.05, 0.1) is 12.7 Å². The molecule has 3 aromatic rings. The summed E-state index contributed by atoms with van der Waals surface area (Å²) in [5.41, 5.74) is 4.71. The molecule has 0 saturated carbocycles. The van der Waals surface area contributed by atoms with Gasteiger partial charge in [-0.15, -0.1) is 0 Å². The number of ether oxygens (including phenoxy) is 3. The largest absolute Gasteiger partial charge is 0.481 e. The fraction of sp³-hybridized carbons (Fsp3) is 0.367. The molecule has 0 radical (unpaired) electrons. The zero-order chi connectivity index (χ0) is 27.4. The van der Waals surface area contributed by atoms with Crippen LogP contribution in [-0.4, -0.2) is 18.9 Å². The van der Waals surface area contributed by atoms with Crippen molar-refractivity contribution in [2.45, 2.75) is 60.0 Å². The van der Waals surface area contributed by atoms with Crippen LogP contribution in [0, 0.1) is 20.8 Å². The number of benzene rings is 3. The Labute approximate surface area is 224 Å². The van der Waals surface area contributed by atoms with Crippen molar-refractivity contribution in [3.05, 3.63) is 82.4 Å². The Morgan fingerprint density at radius 1 is 1.03 bits per heavy atom. The van der Waals surface area contributed by atoms with Crippen molar-refractivity contribution in [1.82, 2.24) is 0 Å². The van der Waals surface area contributed by atoms with Crippen molar-refractivity contribution in [3.8, 4) is 23.0 Å². The Balaban J connectivity index is 1.46. The molecule has 8 heteroatoms. The fourth-order valence-corrected chi connectivity index (χ4v) is 5.96. The van der Waals surface area contributed by atoms with Gasteiger partial charge in [0.1, 0.15) is 23.0 Å². The number of esters is 1. The molecular weight excluding hydrogens is 503 g/mol. The highest BCUT2D eigenvalue weighted by Crippen LogP contribution is 2.56. The van der Waals surface area contributed by atoms with Crippen molar-refractivity contribution in [2.24, 2.45) is 0 Å². The molecule has 7 nitrogen and oxygen atoms in total. The van der Waals surface area contributed by atoms with Gasteiger partial charge in [-0.1, -0.05) is 43.7 Å². The van der Waals surface area contributed by atoms with Crippen LogP contribution in [-0.2, 0) is 18.4 Å². The van der Waals surface area contributed by atoms with E-state index in [-0.39, 0.29) is 24.3 Å². The van der Waals surface area contributed by atoms with Crippen molar-refractivity contribution in [2.75, 3.05) is 13.0 Å². The maximum atomic E-state index is 13.3. The summed E-state index contributed by atoms with van der Waals surface area (Å²) in [6, 6.07) is 17.1. The molecule has 4 rings (SSSR count). The lowest BCUT2D eigenvalue weighted by molar-refractivity contribution is -0.131. The van der Waals surface area contributed by atoms with Gasteiger partial charge < -0.3 is 18.7 Å². The Morgan fingerprint density at radius 3 is 2.42 bits per heavy atom. The first-order chi connectivity index (χ1) is 18.0. The molecule has 0 aromatic heterocycles. The summed E-state index contributed by atoms with van der Waals surface area (Å²) in [6.07, 6.45) is 0.169. The van der Waals surface area contributed by atoms with E-state index >= 15 is 0 Å². The minimum atomic E-state index is -3.43. The molecule has 1 fully saturated rings. The zero-order valence-electron chi connectivity index (χ0n) is 22.8. The number of carbonyl (C=O) groups is 1. The number of hydrogen-bond acceptors (Lipinski definition) is 7. The van der Waals surface area contributed by atoms with Crippen molar-refractivity contribution >= 4 is 13.6 Å². The van der Waals surface area contributed by atoms with Crippen LogP contribution in [0.4, 0.5) is 0 Å². The number of hydrogen-bond donors (Lipinski definition) is 0. The van der Waals surface area contributed by atoms with Gasteiger partial charge in [-0.25, -0.2) is 0 Å². The summed E-state index contributed by atoms with van der Waals surface area (Å²) < 4.78 is 42.3. The van der Waals surface area contributed by atoms with E-state index in [1.807, 2.05) is 77.1 Å². The molecule has 1 saturated heterocycles. The topological polar surface area (TPSA) is 80.3 Å². The van der Waals surface area contributed by atoms with Crippen molar-refractivity contribution < 1.29 is 32.6 Å². The SMILES string of the molecule is CC(=O)Oc1ccc(Oc2c(C)cc(OC[P@@]3(=O)OCC[C@@H](c4cccc(C)c4)O3)cc2C)cc1C(C)C. The van der Waals surface area contributed by atoms with Gasteiger partial charge in [0.2, 0.25) is 0 Å². The van der Waals surface area contributed by atoms with Crippen LogP contribution in [0.5, 0.6) is 23.0 Å². The molecule has 3 aromatic carbocycles. The van der Waals surface area contributed by atoms with E-state index in [4.69, 9.17) is 23.3 Å². The number of rotatable bonds is 8. The Hall–Kier alpha value is -3.12. The molecule has 1 aliphatic heterocycles. The summed E-state index contributed by atoms with van der Waals surface area (Å²) in [7, 11) is -3.43. The smallest absolute Gasteiger partial charge is 0.368 e. The van der Waals surface area contributed by atoms with Crippen LogP contribution in [0.3, 0.4) is 0 Å². The average Bonchev–Trinajstić information content (AvgIpc) is 2.85. The highest BCUT2D eigenvalue weighted by molar-refractivity contribution is 7.53. The number of aryl methyl sites for hydroxylation is 3. The summed E-state index contributed by atoms with van der Waals surface area (Å²) in [5.74, 6) is 2.20. The third-order valence-corrected chi connectivity index (χ3v) is 7.87. The molecule has 0 bridgehead atoms. The van der Waals surface area contributed by atoms with E-state index in [2.05, 4.69) is 0 Å². The third-order valence-electron chi connectivity index (χ3n) is 6.27. The monoisotopic (exact) mass is 538 g/mol. The lowest BCUT2D eigenvalue weighted by atomic mass is 10.0. The van der Waals surface area contributed by atoms with E-state index in [1.54, 1.807) is 12.1 Å². The standard InChI is InChI=1S/C30H35O7P/c1-19(2)27-17-25(10-11-29(27)35-23(6)31)36-30-21(4)15-26(16-22(30)5)33-18-38(32)34-13-12-28(37-38)24-9-7-8-20(3)14-24/h7-11,14-17,19,28H,12-13,18H2,1-6H3/t28-,38+/m0/s1. The van der Waals surface area contributed by atoms with Crippen molar-refractivity contribution in [3.63, 3.8) is 0 Å². The normalized spacial score (nSPS) is 19.3. The molecule has 0 aliphatic carbocycles. The van der Waals surface area contributed by atoms with E-state index in [0.29, 0.717) is 36.0 Å². The van der Waals surface area contributed by atoms with Crippen LogP contribution in [0.15, 0.2) is 54.6 Å². The van der Waals surface area contributed by atoms with E-state index in [0.717, 1.165) is 27.8 Å². The van der Waals surface area contributed by atoms with Crippen molar-refractivity contribution in [1.29, 1.82) is 0 Å². The molecule has 0 unspecified atom stereocenters. The first-order valence-electron chi connectivity index (χ1n) is 12.8. The average molecular weight is 539 g/mol. The first-order valence-corrected chi connectivity index (χ1v) is 14.5. The van der Waals surface area contributed by atoms with Gasteiger partial charge >= 0.3 is 13.6 Å². The fourth-order valence-electron chi connectivity index (χ4n) is 4.46. The Kier molecular flexibility index (Phi) is 8.61. The van der Waals surface area contributed by atoms with Gasteiger partial charge in [0, 0.05) is 18.9 Å². The minimum Gasteiger partial charge on any atom is -0.481 e. The molecule has 1 heterocycles. The Morgan fingerprint density at radius 2 is 1.76 bits per heavy atom. The summed E-state index contributed by atoms with van der Waals surface area (Å²) in [5, 5.41) is 0. The molecule has 1 aliphatic rings. The molecule has 38 heavy (non-hydrogen) atoms. The first kappa shape index (κ1) is 27.9. The second-order valence-corrected chi connectivity index (χ2v) is 11.9. The molecular formula is C30H35O7P. The quantitative estimate of drug-likeness (QED) is 0.163. The van der Waals surface area contributed by atoms with Gasteiger partial charge in [-0.05, 0) is 73.7 Å². The lowest BCUT2D eigenvalue weighted by Gasteiger charge is -2.30.